The van der Waals surface area contributed by atoms with Gasteiger partial charge in [-0.1, -0.05) is 11.8 Å². The third-order valence-corrected chi connectivity index (χ3v) is 4.23. The molecule has 2 aliphatic heterocycles. The lowest BCUT2D eigenvalue weighted by Gasteiger charge is -2.38. The average Bonchev–Trinajstić information content (AvgIpc) is 2.67. The number of aliphatic imine (C=N–C) groups is 1. The van der Waals surface area contributed by atoms with Gasteiger partial charge in [0.15, 0.2) is 5.17 Å². The molecule has 17 heavy (non-hydrogen) atoms. The summed E-state index contributed by atoms with van der Waals surface area (Å²) in [6.07, 6.45) is -4.64. The molecule has 0 radical (unpaired) electrons. The van der Waals surface area contributed by atoms with E-state index in [0.717, 1.165) is 5.17 Å². The van der Waals surface area contributed by atoms with Crippen LogP contribution in [0.15, 0.2) is 4.99 Å². The van der Waals surface area contributed by atoms with E-state index in [1.165, 1.54) is 18.7 Å². The van der Waals surface area contributed by atoms with Crippen LogP contribution in [0.2, 0.25) is 0 Å². The highest BCUT2D eigenvalue weighted by molar-refractivity contribution is 8.14. The Morgan fingerprint density at radius 3 is 2.59 bits per heavy atom. The number of fused-ring (bicyclic) bond motifs is 1. The Labute approximate surface area is 104 Å². The van der Waals surface area contributed by atoms with Gasteiger partial charge in [0.05, 0.1) is 0 Å². The molecule has 2 rings (SSSR count). The predicted octanol–water partition coefficient (Wildman–Crippen LogP) is -0.176. The number of rotatable bonds is 1. The van der Waals surface area contributed by atoms with E-state index in [0.29, 0.717) is 0 Å². The molecule has 2 heterocycles. The molecule has 2 aliphatic rings. The summed E-state index contributed by atoms with van der Waals surface area (Å²) >= 11 is 1.35. The molecule has 1 saturated heterocycles. The quantitative estimate of drug-likeness (QED) is 0.688. The molecule has 5 nitrogen and oxygen atoms in total. The zero-order valence-corrected chi connectivity index (χ0v) is 10.8. The Morgan fingerprint density at radius 2 is 2.06 bits per heavy atom. The molecular weight excluding hydrogens is 247 g/mol. The third-order valence-electron chi connectivity index (χ3n) is 2.92. The predicted molar refractivity (Wildman–Crippen MR) is 63.7 cm³/mol. The second kappa shape index (κ2) is 4.72. The highest BCUT2D eigenvalue weighted by atomic mass is 32.2. The van der Waals surface area contributed by atoms with Gasteiger partial charge in [0, 0.05) is 14.1 Å². The summed E-state index contributed by atoms with van der Waals surface area (Å²) in [5.41, 5.74) is -0.422. The van der Waals surface area contributed by atoms with E-state index in [2.05, 4.69) is 4.99 Å². The first-order valence-corrected chi connectivity index (χ1v) is 6.37. The van der Waals surface area contributed by atoms with Crippen molar-refractivity contribution in [2.75, 3.05) is 14.1 Å². The van der Waals surface area contributed by atoms with Crippen LogP contribution in [0.3, 0.4) is 0 Å². The fraction of sp³-hybridized carbons (Fsp3) is 0.900. The standard InChI is InChI=1S/C10H17FN2O3S/c1-4(11)8-7(15)6(14)5-9(16-8)17-10(12-5)13(2)3/h4-9,14-15H,1-3H3/t4-,5+,6?,7-,8+,9+/m0/s1. The number of thioether (sulfide) groups is 1. The van der Waals surface area contributed by atoms with Gasteiger partial charge in [-0.25, -0.2) is 4.39 Å². The lowest BCUT2D eigenvalue weighted by atomic mass is 9.96. The van der Waals surface area contributed by atoms with E-state index in [4.69, 9.17) is 4.74 Å². The highest BCUT2D eigenvalue weighted by Crippen LogP contribution is 2.37. The molecule has 0 aliphatic carbocycles. The zero-order chi connectivity index (χ0) is 12.7. The smallest absolute Gasteiger partial charge is 0.161 e. The minimum Gasteiger partial charge on any atom is -0.388 e. The number of aliphatic hydroxyl groups is 2. The number of hydrogen-bond acceptors (Lipinski definition) is 6. The van der Waals surface area contributed by atoms with Gasteiger partial charge in [0.1, 0.15) is 36.0 Å². The molecular formula is C10H17FN2O3S. The van der Waals surface area contributed by atoms with Crippen LogP contribution in [0.1, 0.15) is 6.92 Å². The molecule has 0 bridgehead atoms. The SMILES string of the molecule is C[C@H](F)[C@H]1O[C@@H]2SC(N(C)C)=N[C@@H]2C(O)[C@@H]1O. The summed E-state index contributed by atoms with van der Waals surface area (Å²) in [4.78, 5) is 6.09. The minimum absolute atomic E-state index is 0.422. The van der Waals surface area contributed by atoms with Crippen LogP contribution in [-0.4, -0.2) is 70.3 Å². The molecule has 2 N–H and O–H groups in total. The maximum absolute atomic E-state index is 13.3. The van der Waals surface area contributed by atoms with Crippen molar-refractivity contribution >= 4 is 16.9 Å². The largest absolute Gasteiger partial charge is 0.388 e. The van der Waals surface area contributed by atoms with Crippen molar-refractivity contribution in [2.24, 2.45) is 4.99 Å². The first-order chi connectivity index (χ1) is 7.91. The van der Waals surface area contributed by atoms with Gasteiger partial charge < -0.3 is 19.8 Å². The molecule has 1 fully saturated rings. The second-order valence-corrected chi connectivity index (χ2v) is 5.61. The Kier molecular flexibility index (Phi) is 3.63. The van der Waals surface area contributed by atoms with Gasteiger partial charge in [-0.2, -0.15) is 0 Å². The van der Waals surface area contributed by atoms with Gasteiger partial charge in [-0.05, 0) is 6.92 Å². The molecule has 0 aromatic carbocycles. The highest BCUT2D eigenvalue weighted by Gasteiger charge is 2.50. The van der Waals surface area contributed by atoms with Crippen molar-refractivity contribution in [3.05, 3.63) is 0 Å². The van der Waals surface area contributed by atoms with E-state index in [1.807, 2.05) is 14.1 Å². The van der Waals surface area contributed by atoms with E-state index < -0.39 is 36.0 Å². The van der Waals surface area contributed by atoms with Crippen LogP contribution in [0, 0.1) is 0 Å². The fourth-order valence-electron chi connectivity index (χ4n) is 1.97. The Morgan fingerprint density at radius 1 is 1.41 bits per heavy atom. The summed E-state index contributed by atoms with van der Waals surface area (Å²) < 4.78 is 18.7. The van der Waals surface area contributed by atoms with Crippen LogP contribution < -0.4 is 0 Å². The molecule has 0 saturated carbocycles. The molecule has 0 aromatic heterocycles. The molecule has 6 atom stereocenters. The molecule has 0 aromatic rings. The maximum Gasteiger partial charge on any atom is 0.161 e. The first kappa shape index (κ1) is 13.1. The Balaban J connectivity index is 2.15. The number of nitrogens with zero attached hydrogens (tertiary/aromatic N) is 2. The van der Waals surface area contributed by atoms with Gasteiger partial charge in [-0.3, -0.25) is 4.99 Å². The molecule has 0 spiro atoms. The topological polar surface area (TPSA) is 65.3 Å². The lowest BCUT2D eigenvalue weighted by molar-refractivity contribution is -0.170. The monoisotopic (exact) mass is 264 g/mol. The molecule has 0 amide bonds. The summed E-state index contributed by atoms with van der Waals surface area (Å²) in [6.45, 7) is 1.31. The normalized spacial score (nSPS) is 42.9. The van der Waals surface area contributed by atoms with Crippen LogP contribution in [0.25, 0.3) is 0 Å². The minimum atomic E-state index is -1.33. The number of amidine groups is 1. The zero-order valence-electron chi connectivity index (χ0n) is 9.95. The van der Waals surface area contributed by atoms with Crippen LogP contribution in [0.4, 0.5) is 4.39 Å². The number of halogens is 1. The summed E-state index contributed by atoms with van der Waals surface area (Å²) in [5.74, 6) is 0. The first-order valence-electron chi connectivity index (χ1n) is 5.49. The van der Waals surface area contributed by atoms with Gasteiger partial charge in [0.2, 0.25) is 0 Å². The number of alkyl halides is 1. The van der Waals surface area contributed by atoms with Crippen molar-refractivity contribution in [2.45, 2.75) is 42.9 Å². The van der Waals surface area contributed by atoms with Gasteiger partial charge >= 0.3 is 0 Å². The summed E-state index contributed by atoms with van der Waals surface area (Å²) in [7, 11) is 3.67. The lowest BCUT2D eigenvalue weighted by Crippen LogP contribution is -2.57. The van der Waals surface area contributed by atoms with E-state index in [9.17, 15) is 14.6 Å². The van der Waals surface area contributed by atoms with Crippen LogP contribution >= 0.6 is 11.8 Å². The number of hydrogen-bond donors (Lipinski definition) is 2. The summed E-state index contributed by atoms with van der Waals surface area (Å²) in [5, 5.41) is 20.4. The molecule has 7 heteroatoms. The van der Waals surface area contributed by atoms with Crippen molar-refractivity contribution in [1.29, 1.82) is 0 Å². The van der Waals surface area contributed by atoms with Gasteiger partial charge in [0.25, 0.3) is 0 Å². The number of ether oxygens (including phenoxy) is 1. The molecule has 1 unspecified atom stereocenters. The van der Waals surface area contributed by atoms with Gasteiger partial charge in [-0.15, -0.1) is 0 Å². The second-order valence-electron chi connectivity index (χ2n) is 4.54. The molecule has 98 valence electrons. The van der Waals surface area contributed by atoms with Crippen molar-refractivity contribution in [1.82, 2.24) is 4.90 Å². The third kappa shape index (κ3) is 2.29. The van der Waals surface area contributed by atoms with E-state index in [-0.39, 0.29) is 0 Å². The average molecular weight is 264 g/mol. The maximum atomic E-state index is 13.3. The van der Waals surface area contributed by atoms with Crippen molar-refractivity contribution in [3.63, 3.8) is 0 Å². The fourth-order valence-corrected chi connectivity index (χ4v) is 3.12. The number of aliphatic hydroxyl groups excluding tert-OH is 2. The van der Waals surface area contributed by atoms with E-state index in [1.54, 1.807) is 4.90 Å². The summed E-state index contributed by atoms with van der Waals surface area (Å²) in [6, 6.07) is -0.526. The Hall–Kier alpha value is -0.370. The van der Waals surface area contributed by atoms with Crippen molar-refractivity contribution < 1.29 is 19.3 Å². The van der Waals surface area contributed by atoms with Crippen molar-refractivity contribution in [3.8, 4) is 0 Å². The Bertz CT molecular complexity index is 327. The van der Waals surface area contributed by atoms with Crippen LogP contribution in [0.5, 0.6) is 0 Å². The van der Waals surface area contributed by atoms with Crippen LogP contribution in [-0.2, 0) is 4.74 Å². The van der Waals surface area contributed by atoms with E-state index >= 15 is 0 Å².